The van der Waals surface area contributed by atoms with E-state index in [4.69, 9.17) is 4.74 Å². The lowest BCUT2D eigenvalue weighted by Gasteiger charge is -2.10. The van der Waals surface area contributed by atoms with Gasteiger partial charge in [-0.1, -0.05) is 42.5 Å². The third-order valence-electron chi connectivity index (χ3n) is 3.37. The number of benzene rings is 2. The molecule has 0 aliphatic heterocycles. The van der Waals surface area contributed by atoms with Crippen LogP contribution in [0.15, 0.2) is 54.6 Å². The number of anilines is 1. The van der Waals surface area contributed by atoms with Gasteiger partial charge in [0.25, 0.3) is 0 Å². The Morgan fingerprint density at radius 3 is 2.29 bits per heavy atom. The fourth-order valence-electron chi connectivity index (χ4n) is 2.19. The number of carbonyl (C=O) groups is 3. The van der Waals surface area contributed by atoms with Gasteiger partial charge in [-0.2, -0.15) is 0 Å². The van der Waals surface area contributed by atoms with Crippen molar-refractivity contribution in [3.05, 3.63) is 65.7 Å². The van der Waals surface area contributed by atoms with Crippen LogP contribution >= 0.6 is 0 Å². The van der Waals surface area contributed by atoms with Crippen LogP contribution in [0.4, 0.5) is 5.69 Å². The molecular formula is C19H19NO4. The smallest absolute Gasteiger partial charge is 0.340 e. The molecule has 0 radical (unpaired) electrons. The highest BCUT2D eigenvalue weighted by Crippen LogP contribution is 2.17. The van der Waals surface area contributed by atoms with Crippen molar-refractivity contribution in [3.63, 3.8) is 0 Å². The summed E-state index contributed by atoms with van der Waals surface area (Å²) in [6.45, 7) is 1.97. The lowest BCUT2D eigenvalue weighted by molar-refractivity contribution is -0.116. The van der Waals surface area contributed by atoms with Crippen LogP contribution in [-0.2, 0) is 9.53 Å². The maximum Gasteiger partial charge on any atom is 0.340 e. The Morgan fingerprint density at radius 2 is 1.58 bits per heavy atom. The average molecular weight is 325 g/mol. The van der Waals surface area contributed by atoms with Crippen molar-refractivity contribution in [1.82, 2.24) is 0 Å². The highest BCUT2D eigenvalue weighted by Gasteiger charge is 2.15. The number of carbonyl (C=O) groups excluding carboxylic acids is 3. The third kappa shape index (κ3) is 4.78. The van der Waals surface area contributed by atoms with Crippen LogP contribution in [0.2, 0.25) is 0 Å². The summed E-state index contributed by atoms with van der Waals surface area (Å²) in [5.41, 5.74) is 1.26. The van der Waals surface area contributed by atoms with Crippen LogP contribution < -0.4 is 5.32 Å². The molecule has 1 amide bonds. The standard InChI is InChI=1S/C19H19NO4/c1-2-24-19(23)15-10-6-7-11-16(15)20-18(22)13-12-17(21)14-8-4-3-5-9-14/h3-11H,2,12-13H2,1H3,(H,20,22). The SMILES string of the molecule is CCOC(=O)c1ccccc1NC(=O)CCC(=O)c1ccccc1. The van der Waals surface area contributed by atoms with Gasteiger partial charge in [0, 0.05) is 18.4 Å². The molecule has 1 N–H and O–H groups in total. The van der Waals surface area contributed by atoms with Crippen LogP contribution in [0.1, 0.15) is 40.5 Å². The zero-order valence-corrected chi connectivity index (χ0v) is 13.5. The van der Waals surface area contributed by atoms with E-state index < -0.39 is 5.97 Å². The van der Waals surface area contributed by atoms with E-state index in [2.05, 4.69) is 5.32 Å². The number of para-hydroxylation sites is 1. The summed E-state index contributed by atoms with van der Waals surface area (Å²) in [5, 5.41) is 2.66. The second kappa shape index (κ2) is 8.62. The summed E-state index contributed by atoms with van der Waals surface area (Å²) >= 11 is 0. The predicted molar refractivity (Wildman–Crippen MR) is 91.0 cm³/mol. The molecule has 0 spiro atoms. The van der Waals surface area contributed by atoms with Gasteiger partial charge in [-0.15, -0.1) is 0 Å². The molecule has 0 aromatic heterocycles. The quantitative estimate of drug-likeness (QED) is 0.625. The van der Waals surface area contributed by atoms with E-state index in [0.717, 1.165) is 0 Å². The summed E-state index contributed by atoms with van der Waals surface area (Å²) < 4.78 is 4.96. The van der Waals surface area contributed by atoms with Crippen LogP contribution in [-0.4, -0.2) is 24.3 Å². The molecule has 124 valence electrons. The van der Waals surface area contributed by atoms with Crippen LogP contribution in [0.25, 0.3) is 0 Å². The van der Waals surface area contributed by atoms with Gasteiger partial charge in [-0.25, -0.2) is 4.79 Å². The van der Waals surface area contributed by atoms with Crippen molar-refractivity contribution < 1.29 is 19.1 Å². The molecule has 0 fully saturated rings. The maximum atomic E-state index is 12.1. The zero-order chi connectivity index (χ0) is 17.4. The number of hydrogen-bond acceptors (Lipinski definition) is 4. The van der Waals surface area contributed by atoms with Crippen molar-refractivity contribution in [3.8, 4) is 0 Å². The van der Waals surface area contributed by atoms with Crippen molar-refractivity contribution in [2.24, 2.45) is 0 Å². The first-order chi connectivity index (χ1) is 11.6. The number of ether oxygens (including phenoxy) is 1. The molecule has 0 saturated heterocycles. The number of nitrogens with one attached hydrogen (secondary N) is 1. The summed E-state index contributed by atoms with van der Waals surface area (Å²) in [6.07, 6.45) is 0.155. The highest BCUT2D eigenvalue weighted by molar-refractivity contribution is 6.03. The third-order valence-corrected chi connectivity index (χ3v) is 3.37. The van der Waals surface area contributed by atoms with Crippen molar-refractivity contribution >= 4 is 23.3 Å². The van der Waals surface area contributed by atoms with Gasteiger partial charge in [0.15, 0.2) is 5.78 Å². The Kier molecular flexibility index (Phi) is 6.25. The molecule has 2 aromatic carbocycles. The van der Waals surface area contributed by atoms with E-state index >= 15 is 0 Å². The first kappa shape index (κ1) is 17.4. The Balaban J connectivity index is 1.95. The molecule has 2 rings (SSSR count). The number of esters is 1. The Labute approximate surface area is 140 Å². The summed E-state index contributed by atoms with van der Waals surface area (Å²) in [6, 6.07) is 15.5. The molecule has 0 aliphatic carbocycles. The second-order valence-electron chi connectivity index (χ2n) is 5.10. The number of hydrogen-bond donors (Lipinski definition) is 1. The van der Waals surface area contributed by atoms with E-state index in [9.17, 15) is 14.4 Å². The first-order valence-electron chi connectivity index (χ1n) is 7.76. The molecule has 0 bridgehead atoms. The summed E-state index contributed by atoms with van der Waals surface area (Å²) in [7, 11) is 0. The Hall–Kier alpha value is -2.95. The number of ketones is 1. The van der Waals surface area contributed by atoms with Crippen molar-refractivity contribution in [2.45, 2.75) is 19.8 Å². The lowest BCUT2D eigenvalue weighted by Crippen LogP contribution is -2.16. The number of amides is 1. The minimum Gasteiger partial charge on any atom is -0.462 e. The summed E-state index contributed by atoms with van der Waals surface area (Å²) in [5.74, 6) is -0.908. The second-order valence-corrected chi connectivity index (χ2v) is 5.10. The fraction of sp³-hybridized carbons (Fsp3) is 0.211. The van der Waals surface area contributed by atoms with Crippen molar-refractivity contribution in [2.75, 3.05) is 11.9 Å². The maximum absolute atomic E-state index is 12.1. The molecule has 5 nitrogen and oxygen atoms in total. The molecule has 0 saturated carbocycles. The number of Topliss-reactive ketones (excluding diaryl/α,β-unsaturated/α-hetero) is 1. The molecule has 0 aliphatic rings. The molecule has 0 heterocycles. The van der Waals surface area contributed by atoms with E-state index in [1.54, 1.807) is 55.5 Å². The summed E-state index contributed by atoms with van der Waals surface area (Å²) in [4.78, 5) is 35.9. The molecule has 0 unspecified atom stereocenters. The average Bonchev–Trinajstić information content (AvgIpc) is 2.61. The topological polar surface area (TPSA) is 72.5 Å². The van der Waals surface area contributed by atoms with Gasteiger partial charge < -0.3 is 10.1 Å². The molecule has 2 aromatic rings. The minimum atomic E-state index is -0.492. The van der Waals surface area contributed by atoms with Gasteiger partial charge >= 0.3 is 5.97 Å². The Bertz CT molecular complexity index is 725. The van der Waals surface area contributed by atoms with Crippen LogP contribution in [0.5, 0.6) is 0 Å². The monoisotopic (exact) mass is 325 g/mol. The zero-order valence-electron chi connectivity index (χ0n) is 13.5. The minimum absolute atomic E-state index is 0.0465. The molecule has 5 heteroatoms. The first-order valence-corrected chi connectivity index (χ1v) is 7.76. The largest absolute Gasteiger partial charge is 0.462 e. The molecule has 24 heavy (non-hydrogen) atoms. The van der Waals surface area contributed by atoms with Gasteiger partial charge in [0.05, 0.1) is 17.9 Å². The normalized spacial score (nSPS) is 10.0. The van der Waals surface area contributed by atoms with Gasteiger partial charge in [-0.3, -0.25) is 9.59 Å². The fourth-order valence-corrected chi connectivity index (χ4v) is 2.19. The van der Waals surface area contributed by atoms with Gasteiger partial charge in [0.2, 0.25) is 5.91 Å². The predicted octanol–water partition coefficient (Wildman–Crippen LogP) is 3.46. The van der Waals surface area contributed by atoms with E-state index in [1.165, 1.54) is 0 Å². The highest BCUT2D eigenvalue weighted by atomic mass is 16.5. The Morgan fingerprint density at radius 1 is 0.917 bits per heavy atom. The van der Waals surface area contributed by atoms with Gasteiger partial charge in [0.1, 0.15) is 0 Å². The van der Waals surface area contributed by atoms with Crippen LogP contribution in [0, 0.1) is 0 Å². The lowest BCUT2D eigenvalue weighted by atomic mass is 10.1. The van der Waals surface area contributed by atoms with Gasteiger partial charge in [-0.05, 0) is 19.1 Å². The van der Waals surface area contributed by atoms with E-state index in [1.807, 2.05) is 6.07 Å². The van der Waals surface area contributed by atoms with E-state index in [-0.39, 0.29) is 31.1 Å². The van der Waals surface area contributed by atoms with E-state index in [0.29, 0.717) is 16.8 Å². The van der Waals surface area contributed by atoms with Crippen LogP contribution in [0.3, 0.4) is 0 Å². The number of rotatable bonds is 7. The molecule has 0 atom stereocenters. The molecular weight excluding hydrogens is 306 g/mol. The van der Waals surface area contributed by atoms with Crippen molar-refractivity contribution in [1.29, 1.82) is 0 Å².